The molecule has 166 valence electrons. The van der Waals surface area contributed by atoms with Crippen LogP contribution >= 0.6 is 12.0 Å². The van der Waals surface area contributed by atoms with Crippen LogP contribution in [0.5, 0.6) is 0 Å². The molecular weight excluding hydrogens is 424 g/mol. The summed E-state index contributed by atoms with van der Waals surface area (Å²) in [5.41, 5.74) is -0.734. The second kappa shape index (κ2) is 8.20. The molecule has 0 aromatic heterocycles. The molecule has 4 bridgehead atoms. The van der Waals surface area contributed by atoms with Gasteiger partial charge in [-0.3, -0.25) is 5.04 Å². The van der Waals surface area contributed by atoms with Gasteiger partial charge in [-0.25, -0.2) is 14.0 Å². The standard InChI is InChI=1S/C17H22F4O7S/c1-2-15(11-4-9-3-10(6-11)7-12(15)5-9)26-13(22)8-25-14(23)16(18,17(19,20)21)29-28-27-24/h9-12,24H,2-8H2,1H3/p-1. The minimum atomic E-state index is -5.77. The minimum Gasteiger partial charge on any atom is -0.691 e. The number of halogens is 4. The lowest BCUT2D eigenvalue weighted by molar-refractivity contribution is -0.777. The quantitative estimate of drug-likeness (QED) is 0.185. The van der Waals surface area contributed by atoms with Gasteiger partial charge in [-0.05, 0) is 62.2 Å². The SMILES string of the molecule is CCC1(OC(=O)COC(=O)C(F)(SOO[O-])C(F)(F)F)C2CC3CC(C2)CC1C3. The van der Waals surface area contributed by atoms with E-state index in [1.54, 1.807) is 0 Å². The van der Waals surface area contributed by atoms with Gasteiger partial charge in [0.05, 0.1) is 12.0 Å². The summed E-state index contributed by atoms with van der Waals surface area (Å²) in [6.07, 6.45) is -0.332. The van der Waals surface area contributed by atoms with Crippen molar-refractivity contribution in [3.05, 3.63) is 0 Å². The van der Waals surface area contributed by atoms with Crippen molar-refractivity contribution in [1.82, 2.24) is 0 Å². The molecule has 0 spiro atoms. The lowest BCUT2D eigenvalue weighted by Crippen LogP contribution is -2.59. The Morgan fingerprint density at radius 3 is 2.07 bits per heavy atom. The number of hydrogen-bond donors (Lipinski definition) is 0. The molecule has 0 radical (unpaired) electrons. The number of esters is 2. The van der Waals surface area contributed by atoms with Crippen LogP contribution in [0.4, 0.5) is 17.6 Å². The van der Waals surface area contributed by atoms with E-state index in [4.69, 9.17) is 4.74 Å². The maximum absolute atomic E-state index is 14.0. The maximum Gasteiger partial charge on any atom is 0.446 e. The highest BCUT2D eigenvalue weighted by Crippen LogP contribution is 2.60. The number of ether oxygens (including phenoxy) is 2. The Bertz CT molecular complexity index is 616. The van der Waals surface area contributed by atoms with Crippen molar-refractivity contribution in [3.63, 3.8) is 0 Å². The molecule has 0 aliphatic heterocycles. The first-order valence-electron chi connectivity index (χ1n) is 9.34. The van der Waals surface area contributed by atoms with Crippen molar-refractivity contribution in [3.8, 4) is 0 Å². The summed E-state index contributed by atoms with van der Waals surface area (Å²) in [5.74, 6) is -1.95. The van der Waals surface area contributed by atoms with Crippen LogP contribution in [0.15, 0.2) is 0 Å². The Morgan fingerprint density at radius 1 is 1.07 bits per heavy atom. The van der Waals surface area contributed by atoms with E-state index < -0.39 is 47.4 Å². The van der Waals surface area contributed by atoms with Crippen LogP contribution in [0, 0.1) is 23.7 Å². The maximum atomic E-state index is 14.0. The van der Waals surface area contributed by atoms with Gasteiger partial charge < -0.3 is 14.7 Å². The van der Waals surface area contributed by atoms with Crippen molar-refractivity contribution in [2.24, 2.45) is 23.7 Å². The second-order valence-electron chi connectivity index (χ2n) is 7.98. The van der Waals surface area contributed by atoms with Crippen molar-refractivity contribution in [2.75, 3.05) is 6.61 Å². The van der Waals surface area contributed by atoms with E-state index in [9.17, 15) is 32.4 Å². The van der Waals surface area contributed by atoms with E-state index >= 15 is 0 Å². The highest BCUT2D eigenvalue weighted by Gasteiger charge is 2.66. The van der Waals surface area contributed by atoms with E-state index in [1.165, 1.54) is 6.42 Å². The first kappa shape index (κ1) is 22.6. The fourth-order valence-electron chi connectivity index (χ4n) is 5.51. The second-order valence-corrected chi connectivity index (χ2v) is 8.84. The number of rotatable bonds is 8. The van der Waals surface area contributed by atoms with Crippen LogP contribution in [0.2, 0.25) is 0 Å². The summed E-state index contributed by atoms with van der Waals surface area (Å²) in [6.45, 7) is 0.697. The molecule has 0 aromatic carbocycles. The summed E-state index contributed by atoms with van der Waals surface area (Å²) >= 11 is -1.20. The molecule has 4 fully saturated rings. The molecule has 0 aromatic rings. The molecule has 4 aliphatic carbocycles. The minimum absolute atomic E-state index is 0.164. The smallest absolute Gasteiger partial charge is 0.446 e. The third kappa shape index (κ3) is 4.08. The van der Waals surface area contributed by atoms with Crippen molar-refractivity contribution in [1.29, 1.82) is 0 Å². The van der Waals surface area contributed by atoms with Gasteiger partial charge >= 0.3 is 23.1 Å². The number of carbonyl (C=O) groups excluding carboxylic acids is 2. The zero-order valence-electron chi connectivity index (χ0n) is 15.5. The lowest BCUT2D eigenvalue weighted by Gasteiger charge is -2.60. The summed E-state index contributed by atoms with van der Waals surface area (Å²) in [6, 6.07) is 0. The van der Waals surface area contributed by atoms with Gasteiger partial charge in [0.15, 0.2) is 6.61 Å². The van der Waals surface area contributed by atoms with E-state index in [0.29, 0.717) is 18.3 Å². The van der Waals surface area contributed by atoms with Crippen LogP contribution in [0.25, 0.3) is 0 Å². The number of carbonyl (C=O) groups is 2. The molecule has 12 heteroatoms. The number of alkyl halides is 4. The monoisotopic (exact) mass is 445 g/mol. The van der Waals surface area contributed by atoms with Crippen molar-refractivity contribution >= 4 is 24.0 Å². The predicted molar refractivity (Wildman–Crippen MR) is 86.8 cm³/mol. The normalized spacial score (nSPS) is 35.2. The molecule has 1 atom stereocenters. The molecule has 29 heavy (non-hydrogen) atoms. The predicted octanol–water partition coefficient (Wildman–Crippen LogP) is 2.78. The Balaban J connectivity index is 1.62. The Hall–Kier alpha value is -1.11. The first-order chi connectivity index (χ1) is 13.6. The van der Waals surface area contributed by atoms with Gasteiger partial charge in [0, 0.05) is 0 Å². The molecule has 4 rings (SSSR count). The first-order valence-corrected chi connectivity index (χ1v) is 10.1. The molecule has 0 N–H and O–H groups in total. The average Bonchev–Trinajstić information content (AvgIpc) is 2.65. The summed E-state index contributed by atoms with van der Waals surface area (Å²) < 4.78 is 65.7. The molecule has 1 unspecified atom stereocenters. The third-order valence-corrected chi connectivity index (χ3v) is 7.25. The molecular formula is C17H21F4O7S-. The van der Waals surface area contributed by atoms with Gasteiger partial charge in [0.1, 0.15) is 5.60 Å². The van der Waals surface area contributed by atoms with Crippen molar-refractivity contribution in [2.45, 2.75) is 62.2 Å². The molecule has 7 nitrogen and oxygen atoms in total. The zero-order chi connectivity index (χ0) is 21.4. The van der Waals surface area contributed by atoms with Crippen LogP contribution in [-0.2, 0) is 28.4 Å². The van der Waals surface area contributed by atoms with E-state index in [2.05, 4.69) is 14.1 Å². The number of hydrogen-bond acceptors (Lipinski definition) is 8. The highest BCUT2D eigenvalue weighted by atomic mass is 32.2. The average molecular weight is 445 g/mol. The van der Waals surface area contributed by atoms with E-state index in [-0.39, 0.29) is 11.8 Å². The highest BCUT2D eigenvalue weighted by molar-refractivity contribution is 7.96. The van der Waals surface area contributed by atoms with Gasteiger partial charge in [0.25, 0.3) is 0 Å². The molecule has 0 amide bonds. The Morgan fingerprint density at radius 2 is 1.62 bits per heavy atom. The third-order valence-electron chi connectivity index (χ3n) is 6.50. The summed E-state index contributed by atoms with van der Waals surface area (Å²) in [4.78, 5) is 23.9. The molecule has 4 aliphatic rings. The fourth-order valence-corrected chi connectivity index (χ4v) is 5.86. The van der Waals surface area contributed by atoms with Crippen LogP contribution in [-0.4, -0.2) is 35.3 Å². The van der Waals surface area contributed by atoms with Crippen LogP contribution < -0.4 is 5.26 Å². The summed E-state index contributed by atoms with van der Waals surface area (Å²) in [7, 11) is 0. The Kier molecular flexibility index (Phi) is 6.38. The topological polar surface area (TPSA) is 94.1 Å². The van der Waals surface area contributed by atoms with Gasteiger partial charge in [-0.2, -0.15) is 17.5 Å². The van der Waals surface area contributed by atoms with Crippen LogP contribution in [0.1, 0.15) is 45.4 Å². The summed E-state index contributed by atoms with van der Waals surface area (Å²) in [5, 5.41) is 7.63. The molecule has 0 heterocycles. The molecule has 4 saturated carbocycles. The fraction of sp³-hybridized carbons (Fsp3) is 0.882. The van der Waals surface area contributed by atoms with Crippen molar-refractivity contribution < 1.29 is 51.3 Å². The Labute approximate surface area is 168 Å². The largest absolute Gasteiger partial charge is 0.691 e. The van der Waals surface area contributed by atoms with E-state index in [1.807, 2.05) is 6.92 Å². The van der Waals surface area contributed by atoms with Gasteiger partial charge in [0.2, 0.25) is 0 Å². The van der Waals surface area contributed by atoms with Crippen LogP contribution in [0.3, 0.4) is 0 Å². The van der Waals surface area contributed by atoms with Gasteiger partial charge in [-0.15, -0.1) is 0 Å². The molecule has 0 saturated heterocycles. The zero-order valence-corrected chi connectivity index (χ0v) is 16.4. The van der Waals surface area contributed by atoms with Gasteiger partial charge in [-0.1, -0.05) is 6.92 Å². The lowest BCUT2D eigenvalue weighted by atomic mass is 9.49. The van der Waals surface area contributed by atoms with E-state index in [0.717, 1.165) is 25.7 Å².